The van der Waals surface area contributed by atoms with Crippen LogP contribution in [-0.2, 0) is 11.3 Å². The molecule has 0 aromatic heterocycles. The van der Waals surface area contributed by atoms with Gasteiger partial charge in [0.2, 0.25) is 5.91 Å². The van der Waals surface area contributed by atoms with Crippen molar-refractivity contribution in [3.63, 3.8) is 0 Å². The maximum Gasteiger partial charge on any atom is 0.241 e. The van der Waals surface area contributed by atoms with E-state index in [1.54, 1.807) is 18.9 Å². The van der Waals surface area contributed by atoms with E-state index >= 15 is 0 Å². The van der Waals surface area contributed by atoms with Crippen molar-refractivity contribution >= 4 is 22.4 Å². The van der Waals surface area contributed by atoms with Gasteiger partial charge in [0.1, 0.15) is 0 Å². The molecular formula is C21H19F3N2O. The van der Waals surface area contributed by atoms with Crippen molar-refractivity contribution in [3.05, 3.63) is 77.6 Å². The van der Waals surface area contributed by atoms with Crippen LogP contribution in [0.3, 0.4) is 0 Å². The first-order chi connectivity index (χ1) is 12.9. The van der Waals surface area contributed by atoms with Crippen molar-refractivity contribution < 1.29 is 18.0 Å². The van der Waals surface area contributed by atoms with Gasteiger partial charge in [-0.1, -0.05) is 36.4 Å². The number of hydrogen-bond donors (Lipinski definition) is 1. The van der Waals surface area contributed by atoms with E-state index in [0.29, 0.717) is 6.54 Å². The molecule has 0 heterocycles. The number of amides is 1. The SMILES string of the molecule is C[C@H](C(=O)Nc1ccc(F)c(F)c1F)N(C)Cc1ccc2ccccc2c1. The van der Waals surface area contributed by atoms with E-state index in [-0.39, 0.29) is 5.69 Å². The Labute approximate surface area is 155 Å². The van der Waals surface area contributed by atoms with Gasteiger partial charge in [0.05, 0.1) is 11.7 Å². The van der Waals surface area contributed by atoms with Crippen LogP contribution in [0.1, 0.15) is 12.5 Å². The summed E-state index contributed by atoms with van der Waals surface area (Å²) < 4.78 is 40.0. The van der Waals surface area contributed by atoms with Gasteiger partial charge in [-0.3, -0.25) is 9.69 Å². The highest BCUT2D eigenvalue weighted by Crippen LogP contribution is 2.21. The topological polar surface area (TPSA) is 32.3 Å². The highest BCUT2D eigenvalue weighted by molar-refractivity contribution is 5.94. The molecule has 0 aliphatic rings. The molecular weight excluding hydrogens is 353 g/mol. The minimum atomic E-state index is -1.61. The van der Waals surface area contributed by atoms with Gasteiger partial charge in [0, 0.05) is 6.54 Å². The number of carbonyl (C=O) groups is 1. The fraction of sp³-hybridized carbons (Fsp3) is 0.190. The van der Waals surface area contributed by atoms with E-state index in [4.69, 9.17) is 0 Å². The fourth-order valence-corrected chi connectivity index (χ4v) is 2.82. The molecule has 0 bridgehead atoms. The summed E-state index contributed by atoms with van der Waals surface area (Å²) in [5.41, 5.74) is 0.639. The molecule has 6 heteroatoms. The lowest BCUT2D eigenvalue weighted by Crippen LogP contribution is -2.39. The van der Waals surface area contributed by atoms with Crippen LogP contribution < -0.4 is 5.32 Å². The zero-order valence-corrected chi connectivity index (χ0v) is 15.0. The van der Waals surface area contributed by atoms with E-state index in [2.05, 4.69) is 5.32 Å². The van der Waals surface area contributed by atoms with Crippen molar-refractivity contribution in [3.8, 4) is 0 Å². The molecule has 0 aliphatic heterocycles. The van der Waals surface area contributed by atoms with Crippen LogP contribution in [0.2, 0.25) is 0 Å². The Hall–Kier alpha value is -2.86. The molecule has 3 nitrogen and oxygen atoms in total. The number of nitrogens with zero attached hydrogens (tertiary/aromatic N) is 1. The molecule has 1 N–H and O–H groups in total. The first kappa shape index (κ1) is 18.9. The Morgan fingerprint density at radius 1 is 1.00 bits per heavy atom. The summed E-state index contributed by atoms with van der Waals surface area (Å²) in [5, 5.41) is 4.54. The van der Waals surface area contributed by atoms with Crippen LogP contribution in [0.4, 0.5) is 18.9 Å². The van der Waals surface area contributed by atoms with Gasteiger partial charge in [-0.15, -0.1) is 0 Å². The summed E-state index contributed by atoms with van der Waals surface area (Å²) in [7, 11) is 1.76. The molecule has 1 atom stereocenters. The number of anilines is 1. The normalized spacial score (nSPS) is 12.4. The maximum atomic E-state index is 13.7. The number of benzene rings is 3. The van der Waals surface area contributed by atoms with Crippen LogP contribution in [-0.4, -0.2) is 23.9 Å². The Morgan fingerprint density at radius 2 is 1.70 bits per heavy atom. The number of likely N-dealkylation sites (N-methyl/N-ethyl adjacent to an activating group) is 1. The van der Waals surface area contributed by atoms with E-state index in [1.807, 2.05) is 42.5 Å². The predicted octanol–water partition coefficient (Wildman–Crippen LogP) is 4.72. The van der Waals surface area contributed by atoms with Crippen molar-refractivity contribution in [1.82, 2.24) is 4.90 Å². The van der Waals surface area contributed by atoms with Gasteiger partial charge in [0.25, 0.3) is 0 Å². The highest BCUT2D eigenvalue weighted by Gasteiger charge is 2.21. The van der Waals surface area contributed by atoms with E-state index in [0.717, 1.165) is 28.5 Å². The summed E-state index contributed by atoms with van der Waals surface area (Å²) in [6, 6.07) is 15.2. The average molecular weight is 372 g/mol. The van der Waals surface area contributed by atoms with Crippen LogP contribution in [0.5, 0.6) is 0 Å². The van der Waals surface area contributed by atoms with E-state index < -0.39 is 29.4 Å². The van der Waals surface area contributed by atoms with Crippen LogP contribution in [0.15, 0.2) is 54.6 Å². The number of carbonyl (C=O) groups excluding carboxylic acids is 1. The summed E-state index contributed by atoms with van der Waals surface area (Å²) in [5.74, 6) is -4.83. The molecule has 27 heavy (non-hydrogen) atoms. The van der Waals surface area contributed by atoms with E-state index in [1.165, 1.54) is 0 Å². The zero-order valence-electron chi connectivity index (χ0n) is 15.0. The molecule has 0 spiro atoms. The Bertz CT molecular complexity index is 990. The molecule has 0 aliphatic carbocycles. The largest absolute Gasteiger partial charge is 0.322 e. The van der Waals surface area contributed by atoms with Gasteiger partial charge < -0.3 is 5.32 Å². The lowest BCUT2D eigenvalue weighted by molar-refractivity contribution is -0.120. The summed E-state index contributed by atoms with van der Waals surface area (Å²) >= 11 is 0. The van der Waals surface area contributed by atoms with Gasteiger partial charge >= 0.3 is 0 Å². The third-order valence-electron chi connectivity index (χ3n) is 4.58. The first-order valence-corrected chi connectivity index (χ1v) is 8.49. The minimum Gasteiger partial charge on any atom is -0.322 e. The Balaban J connectivity index is 1.69. The fourth-order valence-electron chi connectivity index (χ4n) is 2.82. The predicted molar refractivity (Wildman–Crippen MR) is 99.8 cm³/mol. The molecule has 1 amide bonds. The number of halogens is 3. The summed E-state index contributed by atoms with van der Waals surface area (Å²) in [6.07, 6.45) is 0. The number of rotatable bonds is 5. The minimum absolute atomic E-state index is 0.384. The van der Waals surface area contributed by atoms with E-state index in [9.17, 15) is 18.0 Å². The van der Waals surface area contributed by atoms with Gasteiger partial charge in [-0.2, -0.15) is 0 Å². The average Bonchev–Trinajstić information content (AvgIpc) is 2.67. The smallest absolute Gasteiger partial charge is 0.241 e. The Kier molecular flexibility index (Phi) is 5.46. The quantitative estimate of drug-likeness (QED) is 0.658. The van der Waals surface area contributed by atoms with Gasteiger partial charge in [0.15, 0.2) is 17.5 Å². The Morgan fingerprint density at radius 3 is 2.44 bits per heavy atom. The van der Waals surface area contributed by atoms with Crippen LogP contribution in [0, 0.1) is 17.5 Å². The maximum absolute atomic E-state index is 13.7. The number of nitrogens with one attached hydrogen (secondary N) is 1. The molecule has 0 radical (unpaired) electrons. The molecule has 140 valence electrons. The van der Waals surface area contributed by atoms with Crippen molar-refractivity contribution in [2.24, 2.45) is 0 Å². The van der Waals surface area contributed by atoms with Crippen molar-refractivity contribution in [1.29, 1.82) is 0 Å². The van der Waals surface area contributed by atoms with Gasteiger partial charge in [-0.25, -0.2) is 13.2 Å². The highest BCUT2D eigenvalue weighted by atomic mass is 19.2. The molecule has 0 saturated heterocycles. The molecule has 3 aromatic carbocycles. The summed E-state index contributed by atoms with van der Waals surface area (Å²) in [4.78, 5) is 14.2. The monoisotopic (exact) mass is 372 g/mol. The van der Waals surface area contributed by atoms with Crippen LogP contribution in [0.25, 0.3) is 10.8 Å². The third-order valence-corrected chi connectivity index (χ3v) is 4.58. The lowest BCUT2D eigenvalue weighted by atomic mass is 10.1. The lowest BCUT2D eigenvalue weighted by Gasteiger charge is -2.24. The standard InChI is InChI=1S/C21H19F3N2O/c1-13(21(27)25-18-10-9-17(22)19(23)20(18)24)26(2)12-14-7-8-15-5-3-4-6-16(15)11-14/h3-11,13H,12H2,1-2H3,(H,25,27)/t13-/m1/s1. The van der Waals surface area contributed by atoms with Crippen molar-refractivity contribution in [2.75, 3.05) is 12.4 Å². The first-order valence-electron chi connectivity index (χ1n) is 8.49. The summed E-state index contributed by atoms with van der Waals surface area (Å²) in [6.45, 7) is 2.16. The third kappa shape index (κ3) is 4.11. The molecule has 0 saturated carbocycles. The second-order valence-electron chi connectivity index (χ2n) is 6.48. The van der Waals surface area contributed by atoms with Crippen molar-refractivity contribution in [2.45, 2.75) is 19.5 Å². The number of fused-ring (bicyclic) bond motifs is 1. The second-order valence-corrected chi connectivity index (χ2v) is 6.48. The van der Waals surface area contributed by atoms with Gasteiger partial charge in [-0.05, 0) is 48.5 Å². The van der Waals surface area contributed by atoms with Crippen LogP contribution >= 0.6 is 0 Å². The second kappa shape index (κ2) is 7.80. The molecule has 3 rings (SSSR count). The molecule has 0 fully saturated rings. The molecule has 3 aromatic rings. The molecule has 0 unspecified atom stereocenters. The zero-order chi connectivity index (χ0) is 19.6. The number of hydrogen-bond acceptors (Lipinski definition) is 2.